The lowest BCUT2D eigenvalue weighted by Gasteiger charge is -2.15. The second-order valence-corrected chi connectivity index (χ2v) is 6.06. The van der Waals surface area contributed by atoms with Crippen LogP contribution in [0.2, 0.25) is 0 Å². The molecule has 4 rings (SSSR count). The first-order valence-electron chi connectivity index (χ1n) is 8.44. The van der Waals surface area contributed by atoms with Crippen molar-refractivity contribution >= 4 is 17.4 Å². The Morgan fingerprint density at radius 2 is 1.81 bits per heavy atom. The van der Waals surface area contributed by atoms with Gasteiger partial charge in [0, 0.05) is 35.7 Å². The van der Waals surface area contributed by atoms with Crippen molar-refractivity contribution < 1.29 is 23.7 Å². The molecule has 0 fully saturated rings. The largest absolute Gasteiger partial charge is 0.493 e. The lowest BCUT2D eigenvalue weighted by atomic mass is 10.0. The van der Waals surface area contributed by atoms with Crippen LogP contribution in [0.1, 0.15) is 11.1 Å². The first-order chi connectivity index (χ1) is 12.7. The predicted molar refractivity (Wildman–Crippen MR) is 97.0 cm³/mol. The monoisotopic (exact) mass is 356 g/mol. The Bertz CT molecular complexity index is 833. The summed E-state index contributed by atoms with van der Waals surface area (Å²) < 4.78 is 21.9. The van der Waals surface area contributed by atoms with Crippen LogP contribution in [0, 0.1) is 0 Å². The molecule has 2 aromatic rings. The van der Waals surface area contributed by atoms with Crippen molar-refractivity contribution in [2.75, 3.05) is 38.1 Å². The standard InChI is InChI=1S/C19H20N2O5/c1-23-14-4-3-12(10-16(14)24-2)20-19(22)21-17-13-6-8-25-15(13)9-11-5-7-26-18(11)17/h3-4,9-10H,5-8H2,1-2H3,(H2,20,21,22). The third-order valence-corrected chi connectivity index (χ3v) is 4.53. The van der Waals surface area contributed by atoms with Crippen LogP contribution in [0.4, 0.5) is 16.2 Å². The number of carbonyl (C=O) groups is 1. The summed E-state index contributed by atoms with van der Waals surface area (Å²) in [7, 11) is 3.12. The Labute approximate surface area is 151 Å². The molecule has 0 radical (unpaired) electrons. The van der Waals surface area contributed by atoms with Crippen LogP contribution in [0.5, 0.6) is 23.0 Å². The van der Waals surface area contributed by atoms with Gasteiger partial charge in [-0.2, -0.15) is 0 Å². The Hall–Kier alpha value is -3.09. The van der Waals surface area contributed by atoms with Crippen LogP contribution in [-0.4, -0.2) is 33.5 Å². The Kier molecular flexibility index (Phi) is 4.20. The van der Waals surface area contributed by atoms with Crippen molar-refractivity contribution in [2.24, 2.45) is 0 Å². The highest BCUT2D eigenvalue weighted by Crippen LogP contribution is 2.44. The number of hydrogen-bond acceptors (Lipinski definition) is 5. The van der Waals surface area contributed by atoms with E-state index in [1.165, 1.54) is 0 Å². The number of urea groups is 1. The number of ether oxygens (including phenoxy) is 4. The van der Waals surface area contributed by atoms with E-state index in [0.29, 0.717) is 36.1 Å². The van der Waals surface area contributed by atoms with Gasteiger partial charge in [0.25, 0.3) is 0 Å². The van der Waals surface area contributed by atoms with Crippen molar-refractivity contribution in [3.8, 4) is 23.0 Å². The van der Waals surface area contributed by atoms with Crippen LogP contribution in [0.3, 0.4) is 0 Å². The number of fused-ring (bicyclic) bond motifs is 2. The number of nitrogens with one attached hydrogen (secondary N) is 2. The smallest absolute Gasteiger partial charge is 0.323 e. The van der Waals surface area contributed by atoms with E-state index in [1.54, 1.807) is 32.4 Å². The molecule has 2 aromatic carbocycles. The summed E-state index contributed by atoms with van der Waals surface area (Å²) in [4.78, 5) is 12.5. The molecule has 0 spiro atoms. The van der Waals surface area contributed by atoms with E-state index in [9.17, 15) is 4.79 Å². The zero-order valence-corrected chi connectivity index (χ0v) is 14.7. The van der Waals surface area contributed by atoms with Crippen LogP contribution in [-0.2, 0) is 12.8 Å². The molecule has 0 aliphatic carbocycles. The van der Waals surface area contributed by atoms with Crippen LogP contribution < -0.4 is 29.6 Å². The SMILES string of the molecule is COc1ccc(NC(=O)Nc2c3c(cc4c2OCC4)OCC3)cc1OC. The van der Waals surface area contributed by atoms with Crippen molar-refractivity contribution in [2.45, 2.75) is 12.8 Å². The molecule has 2 aliphatic rings. The van der Waals surface area contributed by atoms with E-state index in [2.05, 4.69) is 10.6 Å². The lowest BCUT2D eigenvalue weighted by molar-refractivity contribution is 0.262. The van der Waals surface area contributed by atoms with Gasteiger partial charge in [0.2, 0.25) is 0 Å². The fourth-order valence-electron chi connectivity index (χ4n) is 3.31. The minimum absolute atomic E-state index is 0.352. The first-order valence-corrected chi connectivity index (χ1v) is 8.44. The second-order valence-electron chi connectivity index (χ2n) is 6.06. The maximum Gasteiger partial charge on any atom is 0.323 e. The summed E-state index contributed by atoms with van der Waals surface area (Å²) in [5.41, 5.74) is 3.34. The molecule has 0 unspecified atom stereocenters. The third-order valence-electron chi connectivity index (χ3n) is 4.53. The maximum atomic E-state index is 12.5. The lowest BCUT2D eigenvalue weighted by Crippen LogP contribution is -2.20. The Morgan fingerprint density at radius 3 is 2.62 bits per heavy atom. The fourth-order valence-corrected chi connectivity index (χ4v) is 3.31. The van der Waals surface area contributed by atoms with Crippen LogP contribution in [0.15, 0.2) is 24.3 Å². The summed E-state index contributed by atoms with van der Waals surface area (Å²) in [6, 6.07) is 6.86. The zero-order valence-electron chi connectivity index (χ0n) is 14.7. The fraction of sp³-hybridized carbons (Fsp3) is 0.316. The van der Waals surface area contributed by atoms with Gasteiger partial charge in [-0.25, -0.2) is 4.79 Å². The molecule has 7 nitrogen and oxygen atoms in total. The van der Waals surface area contributed by atoms with Gasteiger partial charge in [0.1, 0.15) is 11.5 Å². The van der Waals surface area contributed by atoms with Gasteiger partial charge in [-0.3, -0.25) is 0 Å². The highest BCUT2D eigenvalue weighted by atomic mass is 16.5. The molecular formula is C19H20N2O5. The quantitative estimate of drug-likeness (QED) is 0.879. The topological polar surface area (TPSA) is 78.1 Å². The molecule has 136 valence electrons. The molecule has 2 N–H and O–H groups in total. The predicted octanol–water partition coefficient (Wildman–Crippen LogP) is 3.22. The van der Waals surface area contributed by atoms with Crippen molar-refractivity contribution in [1.29, 1.82) is 0 Å². The molecule has 2 aliphatic heterocycles. The Morgan fingerprint density at radius 1 is 1.00 bits per heavy atom. The average molecular weight is 356 g/mol. The molecule has 0 bridgehead atoms. The minimum Gasteiger partial charge on any atom is -0.493 e. The van der Waals surface area contributed by atoms with Gasteiger partial charge in [0.15, 0.2) is 11.5 Å². The summed E-state index contributed by atoms with van der Waals surface area (Å²) in [5, 5.41) is 5.75. The summed E-state index contributed by atoms with van der Waals surface area (Å²) in [5.74, 6) is 2.72. The molecule has 2 heterocycles. The third kappa shape index (κ3) is 2.85. The number of carbonyl (C=O) groups excluding carboxylic acids is 1. The highest BCUT2D eigenvalue weighted by molar-refractivity contribution is 6.02. The number of rotatable bonds is 4. The van der Waals surface area contributed by atoms with E-state index in [1.807, 2.05) is 6.07 Å². The van der Waals surface area contributed by atoms with Gasteiger partial charge in [0.05, 0.1) is 33.1 Å². The van der Waals surface area contributed by atoms with Crippen LogP contribution in [0.25, 0.3) is 0 Å². The van der Waals surface area contributed by atoms with Crippen molar-refractivity contribution in [3.63, 3.8) is 0 Å². The summed E-state index contributed by atoms with van der Waals surface area (Å²) in [6.07, 6.45) is 1.57. The molecule has 0 saturated carbocycles. The van der Waals surface area contributed by atoms with E-state index in [-0.39, 0.29) is 6.03 Å². The Balaban J connectivity index is 1.56. The van der Waals surface area contributed by atoms with Crippen molar-refractivity contribution in [1.82, 2.24) is 0 Å². The van der Waals surface area contributed by atoms with Gasteiger partial charge in [-0.05, 0) is 18.2 Å². The van der Waals surface area contributed by atoms with Gasteiger partial charge in [-0.1, -0.05) is 0 Å². The normalized spacial score (nSPS) is 13.9. The minimum atomic E-state index is -0.352. The average Bonchev–Trinajstić information content (AvgIpc) is 3.30. The van der Waals surface area contributed by atoms with E-state index >= 15 is 0 Å². The highest BCUT2D eigenvalue weighted by Gasteiger charge is 2.27. The number of benzene rings is 2. The van der Waals surface area contributed by atoms with E-state index in [0.717, 1.165) is 35.5 Å². The molecule has 7 heteroatoms. The van der Waals surface area contributed by atoms with Crippen LogP contribution >= 0.6 is 0 Å². The van der Waals surface area contributed by atoms with Crippen molar-refractivity contribution in [3.05, 3.63) is 35.4 Å². The number of methoxy groups -OCH3 is 2. The van der Waals surface area contributed by atoms with Gasteiger partial charge in [-0.15, -0.1) is 0 Å². The molecule has 0 aromatic heterocycles. The maximum absolute atomic E-state index is 12.5. The molecule has 0 atom stereocenters. The second kappa shape index (κ2) is 6.67. The number of anilines is 2. The molecule has 2 amide bonds. The number of amides is 2. The summed E-state index contributed by atoms with van der Waals surface area (Å²) in [6.45, 7) is 1.23. The van der Waals surface area contributed by atoms with Gasteiger partial charge < -0.3 is 29.6 Å². The molecular weight excluding hydrogens is 336 g/mol. The molecule has 26 heavy (non-hydrogen) atoms. The summed E-state index contributed by atoms with van der Waals surface area (Å²) >= 11 is 0. The van der Waals surface area contributed by atoms with E-state index < -0.39 is 0 Å². The van der Waals surface area contributed by atoms with E-state index in [4.69, 9.17) is 18.9 Å². The molecule has 0 saturated heterocycles. The first kappa shape index (κ1) is 16.4. The van der Waals surface area contributed by atoms with Gasteiger partial charge >= 0.3 is 6.03 Å². The number of hydrogen-bond donors (Lipinski definition) is 2. The zero-order chi connectivity index (χ0) is 18.1.